The first-order valence-electron chi connectivity index (χ1n) is 14.8. The van der Waals surface area contributed by atoms with Crippen molar-refractivity contribution in [3.05, 3.63) is 94.6 Å². The van der Waals surface area contributed by atoms with Gasteiger partial charge in [-0.15, -0.1) is 5.06 Å². The van der Waals surface area contributed by atoms with Gasteiger partial charge >= 0.3 is 18.2 Å². The van der Waals surface area contributed by atoms with Crippen molar-refractivity contribution in [3.63, 3.8) is 0 Å². The van der Waals surface area contributed by atoms with Crippen LogP contribution in [-0.2, 0) is 16.2 Å². The highest BCUT2D eigenvalue weighted by Gasteiger charge is 2.44. The van der Waals surface area contributed by atoms with E-state index in [1.54, 1.807) is 19.9 Å². The maximum Gasteiger partial charge on any atom is 0.493 e. The van der Waals surface area contributed by atoms with Crippen molar-refractivity contribution in [2.24, 2.45) is 0 Å². The van der Waals surface area contributed by atoms with Crippen LogP contribution >= 0.6 is 0 Å². The first-order valence-corrected chi connectivity index (χ1v) is 14.8. The zero-order chi connectivity index (χ0) is 35.6. The molecule has 49 heavy (non-hydrogen) atoms. The van der Waals surface area contributed by atoms with Gasteiger partial charge in [0.15, 0.2) is 5.82 Å². The third-order valence-electron chi connectivity index (χ3n) is 7.39. The molecule has 0 aliphatic carbocycles. The number of rotatable bonds is 8. The van der Waals surface area contributed by atoms with Gasteiger partial charge in [-0.25, -0.2) is 28.3 Å². The number of urea groups is 1. The van der Waals surface area contributed by atoms with Crippen molar-refractivity contribution in [2.75, 3.05) is 42.5 Å². The molecule has 0 saturated carbocycles. The van der Waals surface area contributed by atoms with Crippen molar-refractivity contribution in [1.82, 2.24) is 20.2 Å². The van der Waals surface area contributed by atoms with Crippen LogP contribution in [0.5, 0.6) is 0 Å². The first-order chi connectivity index (χ1) is 23.1. The molecular formula is C33H30F5N7O4. The van der Waals surface area contributed by atoms with Crippen molar-refractivity contribution >= 4 is 41.0 Å². The minimum Gasteiger partial charge on any atom is -0.353 e. The standard InChI is InChI=1S/C33H30F5N7O4/c1-18-7-5-8-21(15-18)45(49-30(47)33(36,37)38)29(46)20-12-11-19(2)22(16-20)26-23-17-40-32(48)44(27-24(34)9-6-10-25(27)35)28(23)42-31(41-26)39-13-14-43(3)4/h5-12,15-16H,13-14,17H2,1-4H3,(H,40,48)(H,39,41,42). The molecule has 16 heteroatoms. The van der Waals surface area contributed by atoms with Gasteiger partial charge in [0.25, 0.3) is 5.91 Å². The molecule has 11 nitrogen and oxygen atoms in total. The lowest BCUT2D eigenvalue weighted by molar-refractivity contribution is -0.199. The second-order valence-corrected chi connectivity index (χ2v) is 11.3. The average molecular weight is 684 g/mol. The Morgan fingerprint density at radius 3 is 2.35 bits per heavy atom. The Morgan fingerprint density at radius 1 is 1.00 bits per heavy atom. The summed E-state index contributed by atoms with van der Waals surface area (Å²) < 4.78 is 69.9. The third kappa shape index (κ3) is 7.43. The summed E-state index contributed by atoms with van der Waals surface area (Å²) in [6.45, 7) is 4.01. The SMILES string of the molecule is Cc1cccc(N(OC(=O)C(F)(F)F)C(=O)c2ccc(C)c(-c3nc(NCCN(C)C)nc4c3CNC(=O)N4c3c(F)cccc3F)c2)c1. The van der Waals surface area contributed by atoms with Crippen LogP contribution in [0.2, 0.25) is 0 Å². The number of carbonyl (C=O) groups excluding carboxylic acids is 3. The van der Waals surface area contributed by atoms with E-state index in [0.717, 1.165) is 23.1 Å². The molecule has 256 valence electrons. The lowest BCUT2D eigenvalue weighted by atomic mass is 9.97. The second kappa shape index (κ2) is 13.8. The number of hydrogen-bond donors (Lipinski definition) is 2. The van der Waals surface area contributed by atoms with Gasteiger partial charge in [-0.1, -0.05) is 24.3 Å². The normalized spacial score (nSPS) is 12.8. The number of para-hydroxylation sites is 1. The molecule has 0 spiro atoms. The summed E-state index contributed by atoms with van der Waals surface area (Å²) in [5.41, 5.74) is 0.759. The van der Waals surface area contributed by atoms with Crippen molar-refractivity contribution < 1.29 is 41.2 Å². The predicted octanol–water partition coefficient (Wildman–Crippen LogP) is 6.04. The summed E-state index contributed by atoms with van der Waals surface area (Å²) in [5.74, 6) is -5.92. The molecule has 0 unspecified atom stereocenters. The molecule has 0 bridgehead atoms. The van der Waals surface area contributed by atoms with Gasteiger partial charge < -0.3 is 20.4 Å². The number of anilines is 4. The number of halogens is 5. The van der Waals surface area contributed by atoms with E-state index in [9.17, 15) is 27.6 Å². The Bertz CT molecular complexity index is 1920. The minimum atomic E-state index is -5.40. The molecule has 1 aromatic heterocycles. The fourth-order valence-electron chi connectivity index (χ4n) is 4.99. The van der Waals surface area contributed by atoms with Crippen molar-refractivity contribution in [1.29, 1.82) is 0 Å². The summed E-state index contributed by atoms with van der Waals surface area (Å²) >= 11 is 0. The van der Waals surface area contributed by atoms with E-state index in [-0.39, 0.29) is 51.4 Å². The van der Waals surface area contributed by atoms with E-state index < -0.39 is 41.4 Å². The fourth-order valence-corrected chi connectivity index (χ4v) is 4.99. The Balaban J connectivity index is 1.67. The predicted molar refractivity (Wildman–Crippen MR) is 170 cm³/mol. The van der Waals surface area contributed by atoms with Crippen LogP contribution in [0.1, 0.15) is 27.0 Å². The number of fused-ring (bicyclic) bond motifs is 1. The summed E-state index contributed by atoms with van der Waals surface area (Å²) in [6.07, 6.45) is -5.40. The number of aryl methyl sites for hydroxylation is 2. The van der Waals surface area contributed by atoms with Gasteiger partial charge in [0.2, 0.25) is 5.95 Å². The Kier molecular flexibility index (Phi) is 9.80. The van der Waals surface area contributed by atoms with Crippen LogP contribution in [0.15, 0.2) is 60.7 Å². The van der Waals surface area contributed by atoms with Crippen LogP contribution in [0, 0.1) is 25.5 Å². The van der Waals surface area contributed by atoms with Gasteiger partial charge in [0.05, 0.1) is 17.9 Å². The highest BCUT2D eigenvalue weighted by Crippen LogP contribution is 2.39. The number of alkyl halides is 3. The summed E-state index contributed by atoms with van der Waals surface area (Å²) in [7, 11) is 3.68. The molecule has 2 N–H and O–H groups in total. The molecule has 3 aromatic carbocycles. The summed E-state index contributed by atoms with van der Waals surface area (Å²) in [4.78, 5) is 55.2. The topological polar surface area (TPSA) is 120 Å². The molecule has 0 radical (unpaired) electrons. The number of aromatic nitrogens is 2. The largest absolute Gasteiger partial charge is 0.493 e. The number of amides is 3. The lowest BCUT2D eigenvalue weighted by Gasteiger charge is -2.31. The van der Waals surface area contributed by atoms with E-state index in [1.807, 2.05) is 19.0 Å². The summed E-state index contributed by atoms with van der Waals surface area (Å²) in [5, 5.41) is 5.87. The number of benzene rings is 3. The van der Waals surface area contributed by atoms with Gasteiger partial charge in [0, 0.05) is 29.8 Å². The molecule has 0 saturated heterocycles. The second-order valence-electron chi connectivity index (χ2n) is 11.3. The Labute approximate surface area is 277 Å². The van der Waals surface area contributed by atoms with Crippen molar-refractivity contribution in [3.8, 4) is 11.3 Å². The zero-order valence-electron chi connectivity index (χ0n) is 26.7. The molecule has 2 heterocycles. The minimum absolute atomic E-state index is 0.0105. The number of hydrogen-bond acceptors (Lipinski definition) is 8. The highest BCUT2D eigenvalue weighted by molar-refractivity contribution is 6.07. The van der Waals surface area contributed by atoms with E-state index >= 15 is 8.78 Å². The maximum absolute atomic E-state index is 15.1. The number of likely N-dealkylation sites (N-methyl/N-ethyl adjacent to an activating group) is 1. The molecule has 4 aromatic rings. The molecular weight excluding hydrogens is 653 g/mol. The monoisotopic (exact) mass is 683 g/mol. The van der Waals surface area contributed by atoms with Gasteiger partial charge in [0.1, 0.15) is 17.3 Å². The smallest absolute Gasteiger partial charge is 0.353 e. The number of hydroxylamine groups is 1. The van der Waals surface area contributed by atoms with Gasteiger partial charge in [-0.2, -0.15) is 18.2 Å². The summed E-state index contributed by atoms with van der Waals surface area (Å²) in [6, 6.07) is 12.2. The molecule has 0 atom stereocenters. The molecule has 0 fully saturated rings. The third-order valence-corrected chi connectivity index (χ3v) is 7.39. The fraction of sp³-hybridized carbons (Fsp3) is 0.242. The first kappa shape index (κ1) is 34.7. The number of nitrogens with zero attached hydrogens (tertiary/aromatic N) is 5. The van der Waals surface area contributed by atoms with Gasteiger partial charge in [-0.3, -0.25) is 4.79 Å². The maximum atomic E-state index is 15.1. The van der Waals surface area contributed by atoms with Crippen molar-refractivity contribution in [2.45, 2.75) is 26.6 Å². The molecule has 1 aliphatic rings. The Morgan fingerprint density at radius 2 is 1.69 bits per heavy atom. The highest BCUT2D eigenvalue weighted by atomic mass is 19.4. The van der Waals surface area contributed by atoms with Crippen LogP contribution in [0.3, 0.4) is 0 Å². The van der Waals surface area contributed by atoms with Crippen LogP contribution < -0.4 is 20.6 Å². The van der Waals surface area contributed by atoms with E-state index in [4.69, 9.17) is 0 Å². The van der Waals surface area contributed by atoms with Gasteiger partial charge in [-0.05, 0) is 75.5 Å². The quantitative estimate of drug-likeness (QED) is 0.171. The van der Waals surface area contributed by atoms with E-state index in [2.05, 4.69) is 25.4 Å². The number of carbonyl (C=O) groups is 3. The zero-order valence-corrected chi connectivity index (χ0v) is 26.7. The van der Waals surface area contributed by atoms with E-state index in [1.165, 1.54) is 36.4 Å². The van der Waals surface area contributed by atoms with Crippen LogP contribution in [-0.4, -0.2) is 66.1 Å². The van der Waals surface area contributed by atoms with Crippen LogP contribution in [0.25, 0.3) is 11.3 Å². The van der Waals surface area contributed by atoms with E-state index in [0.29, 0.717) is 24.2 Å². The molecule has 1 aliphatic heterocycles. The average Bonchev–Trinajstić information content (AvgIpc) is 3.03. The lowest BCUT2D eigenvalue weighted by Crippen LogP contribution is -2.43. The molecule has 5 rings (SSSR count). The number of nitrogens with one attached hydrogen (secondary N) is 2. The Hall–Kier alpha value is -5.64. The molecule has 3 amide bonds. The van der Waals surface area contributed by atoms with Crippen LogP contribution in [0.4, 0.5) is 49.9 Å².